The Bertz CT molecular complexity index is 1370. The van der Waals surface area contributed by atoms with Crippen molar-refractivity contribution in [3.63, 3.8) is 0 Å². The standard InChI is InChI=1S/C22H22N8O3/c1-10(2)13-6-14-16(8-23-13)28-21(27-14)15-7-17(33-30-15)11(3)26-22(32)19-12-4-5-18(31)29-20(12)25-9-24-19/h6-11H,4-5H2,1-3H3,(H,26,32)(H,27,28)(H,24,25,29,31)/p+1/t11-/m1/s1. The van der Waals surface area contributed by atoms with E-state index in [0.717, 1.165) is 16.7 Å². The highest BCUT2D eigenvalue weighted by Gasteiger charge is 2.26. The largest absolute Gasteiger partial charge is 0.358 e. The lowest BCUT2D eigenvalue weighted by atomic mass is 10.0. The number of anilines is 1. The number of hydrogen-bond acceptors (Lipinski definition) is 7. The van der Waals surface area contributed by atoms with Crippen LogP contribution in [0.15, 0.2) is 29.2 Å². The monoisotopic (exact) mass is 447 g/mol. The normalized spacial score (nSPS) is 14.2. The molecule has 1 aliphatic heterocycles. The molecule has 0 aliphatic carbocycles. The van der Waals surface area contributed by atoms with Crippen LogP contribution in [0.1, 0.15) is 66.7 Å². The molecule has 33 heavy (non-hydrogen) atoms. The third-order valence-electron chi connectivity index (χ3n) is 5.62. The molecule has 0 unspecified atom stereocenters. The molecule has 1 aliphatic rings. The molecule has 0 radical (unpaired) electrons. The summed E-state index contributed by atoms with van der Waals surface area (Å²) >= 11 is 0. The summed E-state index contributed by atoms with van der Waals surface area (Å²) in [7, 11) is 0. The molecule has 2 amide bonds. The Morgan fingerprint density at radius 3 is 2.85 bits per heavy atom. The Labute approximate surface area is 188 Å². The van der Waals surface area contributed by atoms with Gasteiger partial charge in [-0.15, -0.1) is 0 Å². The molecule has 5 rings (SSSR count). The van der Waals surface area contributed by atoms with E-state index in [-0.39, 0.29) is 23.9 Å². The van der Waals surface area contributed by atoms with Crippen LogP contribution in [0.5, 0.6) is 0 Å². The average Bonchev–Trinajstić information content (AvgIpc) is 3.45. The first-order valence-corrected chi connectivity index (χ1v) is 10.7. The molecular formula is C22H23N8O3+. The lowest BCUT2D eigenvalue weighted by Crippen LogP contribution is -2.30. The minimum absolute atomic E-state index is 0.125. The van der Waals surface area contributed by atoms with Crippen molar-refractivity contribution in [1.29, 1.82) is 0 Å². The van der Waals surface area contributed by atoms with Crippen LogP contribution >= 0.6 is 0 Å². The van der Waals surface area contributed by atoms with Crippen molar-refractivity contribution in [3.05, 3.63) is 47.4 Å². The molecule has 0 saturated carbocycles. The smallest absolute Gasteiger partial charge is 0.307 e. The van der Waals surface area contributed by atoms with E-state index in [0.29, 0.717) is 41.0 Å². The number of imidazole rings is 1. The Morgan fingerprint density at radius 2 is 2.03 bits per heavy atom. The summed E-state index contributed by atoms with van der Waals surface area (Å²) in [5.74, 6) is 1.37. The van der Waals surface area contributed by atoms with Gasteiger partial charge in [-0.1, -0.05) is 19.0 Å². The maximum Gasteiger partial charge on any atom is 0.307 e. The number of fused-ring (bicyclic) bond motifs is 2. The van der Waals surface area contributed by atoms with Crippen LogP contribution in [0, 0.1) is 0 Å². The van der Waals surface area contributed by atoms with Crippen molar-refractivity contribution in [3.8, 4) is 11.5 Å². The van der Waals surface area contributed by atoms with Gasteiger partial charge in [0.2, 0.25) is 5.91 Å². The first-order valence-electron chi connectivity index (χ1n) is 10.7. The van der Waals surface area contributed by atoms with Gasteiger partial charge in [0.15, 0.2) is 22.5 Å². The van der Waals surface area contributed by atoms with Crippen molar-refractivity contribution in [2.75, 3.05) is 5.32 Å². The van der Waals surface area contributed by atoms with E-state index in [9.17, 15) is 9.59 Å². The highest BCUT2D eigenvalue weighted by atomic mass is 16.5. The minimum atomic E-state index is -0.457. The van der Waals surface area contributed by atoms with Crippen molar-refractivity contribution < 1.29 is 19.1 Å². The molecule has 5 heterocycles. The van der Waals surface area contributed by atoms with Crippen molar-refractivity contribution in [2.45, 2.75) is 45.6 Å². The maximum absolute atomic E-state index is 12.9. The first-order chi connectivity index (χ1) is 15.9. The molecule has 11 nitrogen and oxygen atoms in total. The lowest BCUT2D eigenvalue weighted by Gasteiger charge is -2.18. The Hall–Kier alpha value is -4.15. The molecule has 0 fully saturated rings. The van der Waals surface area contributed by atoms with Gasteiger partial charge in [0, 0.05) is 29.8 Å². The maximum atomic E-state index is 12.9. The number of nitrogens with zero attached hydrogens (tertiary/aromatic N) is 4. The molecule has 11 heteroatoms. The summed E-state index contributed by atoms with van der Waals surface area (Å²) < 4.78 is 5.49. The molecule has 4 N–H and O–H groups in total. The van der Waals surface area contributed by atoms with Crippen molar-refractivity contribution >= 4 is 28.7 Å². The van der Waals surface area contributed by atoms with Gasteiger partial charge < -0.3 is 15.2 Å². The van der Waals surface area contributed by atoms with E-state index in [1.807, 2.05) is 6.07 Å². The summed E-state index contributed by atoms with van der Waals surface area (Å²) in [5.41, 5.74) is 4.23. The number of aromatic amines is 2. The van der Waals surface area contributed by atoms with Gasteiger partial charge in [-0.3, -0.25) is 14.6 Å². The van der Waals surface area contributed by atoms with Crippen LogP contribution in [0.2, 0.25) is 0 Å². The summed E-state index contributed by atoms with van der Waals surface area (Å²) in [6, 6.07) is 3.31. The van der Waals surface area contributed by atoms with E-state index < -0.39 is 6.04 Å². The number of nitrogens with one attached hydrogen (secondary N) is 4. The Morgan fingerprint density at radius 1 is 1.18 bits per heavy atom. The average molecular weight is 447 g/mol. The number of rotatable bonds is 5. The molecule has 0 saturated heterocycles. The van der Waals surface area contributed by atoms with Gasteiger partial charge in [0.05, 0.1) is 12.2 Å². The number of hydrogen-bond donors (Lipinski definition) is 3. The fraction of sp³-hybridized carbons (Fsp3) is 0.318. The van der Waals surface area contributed by atoms with Crippen LogP contribution < -0.4 is 15.6 Å². The highest BCUT2D eigenvalue weighted by molar-refractivity contribution is 5.99. The second kappa shape index (κ2) is 8.08. The van der Waals surface area contributed by atoms with Gasteiger partial charge in [-0.2, -0.15) is 0 Å². The van der Waals surface area contributed by atoms with Gasteiger partial charge in [-0.05, 0) is 19.3 Å². The molecule has 4 aromatic heterocycles. The highest BCUT2D eigenvalue weighted by Crippen LogP contribution is 2.24. The summed E-state index contributed by atoms with van der Waals surface area (Å²) in [5, 5.41) is 9.69. The third kappa shape index (κ3) is 3.93. The third-order valence-corrected chi connectivity index (χ3v) is 5.62. The number of carbonyl (C=O) groups is 2. The zero-order valence-corrected chi connectivity index (χ0v) is 18.4. The Kier molecular flexibility index (Phi) is 5.08. The number of aromatic nitrogens is 6. The molecule has 1 atom stereocenters. The first kappa shape index (κ1) is 20.7. The van der Waals surface area contributed by atoms with Crippen LogP contribution in [0.25, 0.3) is 22.6 Å². The van der Waals surface area contributed by atoms with Gasteiger partial charge in [0.1, 0.15) is 17.8 Å². The molecule has 168 valence electrons. The number of H-pyrrole nitrogens is 2. The lowest BCUT2D eigenvalue weighted by molar-refractivity contribution is -0.330. The zero-order valence-electron chi connectivity index (χ0n) is 18.4. The van der Waals surface area contributed by atoms with E-state index in [2.05, 4.69) is 54.6 Å². The van der Waals surface area contributed by atoms with E-state index >= 15 is 0 Å². The van der Waals surface area contributed by atoms with Crippen LogP contribution in [-0.2, 0) is 11.2 Å². The minimum Gasteiger partial charge on any atom is -0.358 e. The van der Waals surface area contributed by atoms with Crippen molar-refractivity contribution in [2.24, 2.45) is 0 Å². The quantitative estimate of drug-likeness (QED) is 0.424. The van der Waals surface area contributed by atoms with Gasteiger partial charge in [0.25, 0.3) is 5.91 Å². The molecule has 0 spiro atoms. The summed E-state index contributed by atoms with van der Waals surface area (Å²) in [6.07, 6.45) is 3.76. The molecular weight excluding hydrogens is 424 g/mol. The Balaban J connectivity index is 1.34. The molecule has 0 bridgehead atoms. The SMILES string of the molecule is CC(C)c1cc2[nH+]c(-c3cc([C@@H](C)NC(=O)c4ncnc5c4CCC(=O)N5)on3)[nH]c2cn1. The summed E-state index contributed by atoms with van der Waals surface area (Å²) in [6.45, 7) is 5.98. The van der Waals surface area contributed by atoms with E-state index in [1.165, 1.54) is 6.33 Å². The van der Waals surface area contributed by atoms with E-state index in [1.54, 1.807) is 19.2 Å². The van der Waals surface area contributed by atoms with Gasteiger partial charge in [-0.25, -0.2) is 19.9 Å². The predicted molar refractivity (Wildman–Crippen MR) is 117 cm³/mol. The topological polar surface area (TPSA) is 153 Å². The number of amides is 2. The van der Waals surface area contributed by atoms with Crippen LogP contribution in [0.3, 0.4) is 0 Å². The fourth-order valence-electron chi connectivity index (χ4n) is 3.75. The van der Waals surface area contributed by atoms with Crippen LogP contribution in [0.4, 0.5) is 5.82 Å². The fourth-order valence-corrected chi connectivity index (χ4v) is 3.75. The second-order valence-corrected chi connectivity index (χ2v) is 8.34. The summed E-state index contributed by atoms with van der Waals surface area (Å²) in [4.78, 5) is 43.7. The number of carbonyl (C=O) groups excluding carboxylic acids is 2. The van der Waals surface area contributed by atoms with Gasteiger partial charge >= 0.3 is 5.82 Å². The van der Waals surface area contributed by atoms with E-state index in [4.69, 9.17) is 4.52 Å². The molecule has 0 aromatic carbocycles. The number of pyridine rings is 1. The predicted octanol–water partition coefficient (Wildman–Crippen LogP) is 2.32. The van der Waals surface area contributed by atoms with Crippen LogP contribution in [-0.4, -0.2) is 36.9 Å². The molecule has 4 aromatic rings. The second-order valence-electron chi connectivity index (χ2n) is 8.34. The zero-order chi connectivity index (χ0) is 23.1. The van der Waals surface area contributed by atoms with Crippen molar-refractivity contribution in [1.82, 2.24) is 30.4 Å².